The predicted octanol–water partition coefficient (Wildman–Crippen LogP) is 7.21. The van der Waals surface area contributed by atoms with Gasteiger partial charge in [-0.2, -0.15) is 0 Å². The van der Waals surface area contributed by atoms with Crippen LogP contribution in [0.4, 0.5) is 22.7 Å². The van der Waals surface area contributed by atoms with Gasteiger partial charge in [0.25, 0.3) is 0 Å². The summed E-state index contributed by atoms with van der Waals surface area (Å²) in [4.78, 5) is 8.23. The first kappa shape index (κ1) is 50.5. The second-order valence-corrected chi connectivity index (χ2v) is 11.0. The topological polar surface area (TPSA) is 114 Å². The van der Waals surface area contributed by atoms with Gasteiger partial charge in [-0.25, -0.2) is 0 Å². The van der Waals surface area contributed by atoms with Crippen molar-refractivity contribution < 1.29 is 50.9 Å². The van der Waals surface area contributed by atoms with E-state index in [0.29, 0.717) is 0 Å². The van der Waals surface area contributed by atoms with Crippen molar-refractivity contribution in [2.45, 2.75) is 55.4 Å². The quantitative estimate of drug-likeness (QED) is 0.146. The van der Waals surface area contributed by atoms with Crippen LogP contribution in [0, 0.1) is 0 Å². The van der Waals surface area contributed by atoms with E-state index in [4.69, 9.17) is 0 Å². The molecule has 0 saturated carbocycles. The summed E-state index contributed by atoms with van der Waals surface area (Å²) in [5.74, 6) is 0.449. The van der Waals surface area contributed by atoms with Crippen LogP contribution in [-0.2, 0) is 30.5 Å². The molecule has 4 aromatic carbocycles. The molecular formula is C41H59ClN4O5Zr. The molecular weight excluding hydrogens is 755 g/mol. The van der Waals surface area contributed by atoms with Gasteiger partial charge in [-0.3, -0.25) is 4.29 Å². The van der Waals surface area contributed by atoms with E-state index < -0.39 is 0 Å². The molecule has 0 aromatic heterocycles. The second kappa shape index (κ2) is 31.0. The molecule has 4 aromatic rings. The zero-order valence-corrected chi connectivity index (χ0v) is 35.8. The summed E-state index contributed by atoms with van der Waals surface area (Å²) < 4.78 is 3.72. The van der Waals surface area contributed by atoms with Gasteiger partial charge in [-0.05, 0) is 79.7 Å². The molecule has 0 heterocycles. The van der Waals surface area contributed by atoms with Crippen molar-refractivity contribution in [1.82, 2.24) is 0 Å². The van der Waals surface area contributed by atoms with Gasteiger partial charge in [-0.1, -0.05) is 95.8 Å². The average Bonchev–Trinajstić information content (AvgIpc) is 3.14. The molecule has 0 unspecified atom stereocenters. The van der Waals surface area contributed by atoms with Gasteiger partial charge in [0.2, 0.25) is 0 Å². The van der Waals surface area contributed by atoms with E-state index in [0.717, 1.165) is 75.1 Å². The fourth-order valence-electron chi connectivity index (χ4n) is 5.13. The number of anilines is 4. The van der Waals surface area contributed by atoms with Crippen molar-refractivity contribution in [3.63, 3.8) is 0 Å². The van der Waals surface area contributed by atoms with Crippen molar-refractivity contribution >= 4 is 34.6 Å². The van der Waals surface area contributed by atoms with Gasteiger partial charge >= 0.3 is 26.2 Å². The fourth-order valence-corrected chi connectivity index (χ4v) is 5.13. The number of nitrogens with zero attached hydrogens (tertiary/aromatic N) is 4. The van der Waals surface area contributed by atoms with Crippen LogP contribution >= 0.6 is 11.9 Å². The Balaban J connectivity index is 0. The predicted molar refractivity (Wildman–Crippen MR) is 211 cm³/mol. The van der Waals surface area contributed by atoms with Gasteiger partial charge in [0.15, 0.2) is 0 Å². The van der Waals surface area contributed by atoms with Crippen molar-refractivity contribution in [2.24, 2.45) is 0 Å². The first-order valence-electron chi connectivity index (χ1n) is 17.8. The normalized spacial score (nSPS) is 9.42. The van der Waals surface area contributed by atoms with E-state index in [9.17, 15) is 20.4 Å². The van der Waals surface area contributed by atoms with Crippen molar-refractivity contribution in [1.29, 1.82) is 0 Å². The number of para-hydroxylation sites is 8. The molecule has 11 heteroatoms. The Morgan fingerprint density at radius 3 is 0.635 bits per heavy atom. The maximum absolute atomic E-state index is 11.3. The molecule has 0 saturated heterocycles. The van der Waals surface area contributed by atoms with Gasteiger partial charge in [0.1, 0.15) is 0 Å². The summed E-state index contributed by atoms with van der Waals surface area (Å²) in [5.41, 5.74) is 3.23. The van der Waals surface area contributed by atoms with Gasteiger partial charge in [0, 0.05) is 75.1 Å². The fraction of sp³-hybridized carbons (Fsp3) is 0.415. The minimum atomic E-state index is 0. The number of hydrogen-bond acceptors (Lipinski definition) is 9. The maximum Gasteiger partial charge on any atom is 4.00 e. The van der Waals surface area contributed by atoms with Crippen LogP contribution in [0.1, 0.15) is 55.4 Å². The molecule has 0 aliphatic rings. The van der Waals surface area contributed by atoms with Crippen LogP contribution in [0.2, 0.25) is 0 Å². The molecule has 0 fully saturated rings. The molecule has 9 nitrogen and oxygen atoms in total. The van der Waals surface area contributed by atoms with Crippen LogP contribution in [0.5, 0.6) is 23.0 Å². The zero-order chi connectivity index (χ0) is 38.6. The molecule has 284 valence electrons. The summed E-state index contributed by atoms with van der Waals surface area (Å²) in [6.45, 7) is 23.5. The molecule has 0 bridgehead atoms. The zero-order valence-electron chi connectivity index (χ0n) is 32.6. The minimum absolute atomic E-state index is 0. The Morgan fingerprint density at radius 1 is 0.385 bits per heavy atom. The maximum atomic E-state index is 11.3. The van der Waals surface area contributed by atoms with Crippen LogP contribution < -0.4 is 40.0 Å². The third-order valence-corrected chi connectivity index (χ3v) is 7.88. The SMILES string of the molecule is CCN(CC)c1ccccc1[O-].CCN(CC)c1ccccc1[O-].CCN(CC)c1ccccc1[O-].CCN(CC)c1ccccc1[O-].COCl.[Zr+4]. The molecule has 0 amide bonds. The van der Waals surface area contributed by atoms with Crippen LogP contribution in [0.15, 0.2) is 97.1 Å². The van der Waals surface area contributed by atoms with E-state index in [1.54, 1.807) is 48.5 Å². The summed E-state index contributed by atoms with van der Waals surface area (Å²) in [7, 11) is 1.39. The first-order chi connectivity index (χ1) is 24.6. The van der Waals surface area contributed by atoms with Gasteiger partial charge in [0.05, 0.1) is 19.0 Å². The Morgan fingerprint density at radius 2 is 0.519 bits per heavy atom. The molecule has 52 heavy (non-hydrogen) atoms. The first-order valence-corrected chi connectivity index (χ1v) is 18.1. The third kappa shape index (κ3) is 18.3. The van der Waals surface area contributed by atoms with Crippen molar-refractivity contribution in [3.05, 3.63) is 97.1 Å². The molecule has 0 radical (unpaired) electrons. The summed E-state index contributed by atoms with van der Waals surface area (Å²) in [6.07, 6.45) is 0. The van der Waals surface area contributed by atoms with E-state index in [1.165, 1.54) is 7.11 Å². The van der Waals surface area contributed by atoms with E-state index >= 15 is 0 Å². The van der Waals surface area contributed by atoms with E-state index in [2.05, 4.69) is 91.1 Å². The molecule has 0 N–H and O–H groups in total. The number of hydrogen-bond donors (Lipinski definition) is 0. The third-order valence-electron chi connectivity index (χ3n) is 7.88. The standard InChI is InChI=1S/4C10H15NO.CH3ClO.Zr/c4*1-3-11(4-2)9-7-5-6-8-10(9)12;1-3-2;/h4*5-8,12H,3-4H2,1-2H3;1H3;/q;;;;;+4/p-4. The monoisotopic (exact) mass is 812 g/mol. The Bertz CT molecular complexity index is 1220. The minimum Gasteiger partial charge on any atom is -0.871 e. The second-order valence-electron chi connectivity index (χ2n) is 10.7. The van der Waals surface area contributed by atoms with E-state index in [-0.39, 0.29) is 49.2 Å². The molecule has 0 spiro atoms. The molecule has 0 atom stereocenters. The summed E-state index contributed by atoms with van der Waals surface area (Å²) >= 11 is 4.50. The van der Waals surface area contributed by atoms with Crippen LogP contribution in [0.25, 0.3) is 0 Å². The van der Waals surface area contributed by atoms with Crippen molar-refractivity contribution in [2.75, 3.05) is 79.1 Å². The Hall–Kier alpha value is -3.59. The number of rotatable bonds is 12. The average molecular weight is 815 g/mol. The van der Waals surface area contributed by atoms with Gasteiger partial charge in [-0.15, -0.1) is 0 Å². The van der Waals surface area contributed by atoms with E-state index in [1.807, 2.05) is 48.5 Å². The summed E-state index contributed by atoms with van der Waals surface area (Å²) in [6, 6.07) is 28.6. The van der Waals surface area contributed by atoms with Crippen LogP contribution in [-0.4, -0.2) is 59.5 Å². The van der Waals surface area contributed by atoms with Crippen LogP contribution in [0.3, 0.4) is 0 Å². The number of benzene rings is 4. The largest absolute Gasteiger partial charge is 4.00 e. The summed E-state index contributed by atoms with van der Waals surface area (Å²) in [5, 5.41) is 45.3. The Kier molecular flexibility index (Phi) is 30.1. The smallest absolute Gasteiger partial charge is 0.871 e. The number of halogens is 1. The molecule has 0 aliphatic carbocycles. The van der Waals surface area contributed by atoms with Gasteiger partial charge < -0.3 is 40.0 Å². The van der Waals surface area contributed by atoms with Crippen molar-refractivity contribution in [3.8, 4) is 23.0 Å². The molecule has 4 rings (SSSR count). The Labute approximate surface area is 338 Å². The molecule has 0 aliphatic heterocycles.